The fourth-order valence-corrected chi connectivity index (χ4v) is 4.18. The van der Waals surface area contributed by atoms with E-state index in [0.29, 0.717) is 35.6 Å². The summed E-state index contributed by atoms with van der Waals surface area (Å²) in [5, 5.41) is 7.89. The molecule has 1 aliphatic rings. The van der Waals surface area contributed by atoms with Gasteiger partial charge in [0, 0.05) is 18.9 Å². The summed E-state index contributed by atoms with van der Waals surface area (Å²) in [5.41, 5.74) is 8.20. The lowest BCUT2D eigenvalue weighted by Gasteiger charge is -2.17. The maximum absolute atomic E-state index is 13.0. The second-order valence-corrected chi connectivity index (χ2v) is 8.25. The Morgan fingerprint density at radius 3 is 2.33 bits per heavy atom. The van der Waals surface area contributed by atoms with Gasteiger partial charge in [0.15, 0.2) is 11.5 Å². The molecule has 0 unspecified atom stereocenters. The van der Waals surface area contributed by atoms with Crippen LogP contribution < -0.4 is 11.1 Å². The fourth-order valence-electron chi connectivity index (χ4n) is 4.18. The third-order valence-electron chi connectivity index (χ3n) is 6.15. The molecule has 0 atom stereocenters. The van der Waals surface area contributed by atoms with Crippen molar-refractivity contribution in [3.63, 3.8) is 0 Å². The Morgan fingerprint density at radius 1 is 1.06 bits per heavy atom. The Labute approximate surface area is 187 Å². The van der Waals surface area contributed by atoms with Crippen LogP contribution in [0.3, 0.4) is 0 Å². The molecule has 3 N–H and O–H groups in total. The summed E-state index contributed by atoms with van der Waals surface area (Å²) in [6.07, 6.45) is -1.52. The Kier molecular flexibility index (Phi) is 4.66. The molecule has 2 aromatic heterocycles. The summed E-state index contributed by atoms with van der Waals surface area (Å²) in [6.45, 7) is 0. The van der Waals surface area contributed by atoms with E-state index in [1.165, 1.54) is 12.1 Å². The Balaban J connectivity index is 1.36. The monoisotopic (exact) mass is 451 g/mol. The molecule has 4 aromatic rings. The standard InChI is InChI=1S/C24H20F3N5O/c1-32-21-19(20(28)31-32)18(10-13-29-21)14-2-8-17(9-3-14)30-22(33)23(11-12-23)15-4-6-16(7-5-15)24(25,26)27/h2-10,13H,11-12H2,1H3,(H2,28,31)(H,30,33). The van der Waals surface area contributed by atoms with Gasteiger partial charge >= 0.3 is 6.18 Å². The van der Waals surface area contributed by atoms with E-state index in [1.807, 2.05) is 18.2 Å². The summed E-state index contributed by atoms with van der Waals surface area (Å²) in [4.78, 5) is 17.3. The number of carbonyl (C=O) groups is 1. The maximum atomic E-state index is 13.0. The minimum Gasteiger partial charge on any atom is -0.382 e. The highest BCUT2D eigenvalue weighted by Gasteiger charge is 2.51. The fraction of sp³-hybridized carbons (Fsp3) is 0.208. The van der Waals surface area contributed by atoms with E-state index in [2.05, 4.69) is 15.4 Å². The number of aromatic nitrogens is 3. The van der Waals surface area contributed by atoms with Crippen LogP contribution in [0, 0.1) is 0 Å². The number of amides is 1. The van der Waals surface area contributed by atoms with Gasteiger partial charge in [0.25, 0.3) is 0 Å². The number of aryl methyl sites for hydroxylation is 1. The number of carbonyl (C=O) groups excluding carboxylic acids is 1. The van der Waals surface area contributed by atoms with E-state index >= 15 is 0 Å². The third-order valence-corrected chi connectivity index (χ3v) is 6.15. The molecule has 0 aliphatic heterocycles. The number of nitrogen functional groups attached to an aromatic ring is 1. The van der Waals surface area contributed by atoms with Gasteiger partial charge in [-0.15, -0.1) is 0 Å². The normalized spacial score (nSPS) is 14.9. The lowest BCUT2D eigenvalue weighted by Crippen LogP contribution is -2.27. The van der Waals surface area contributed by atoms with Gasteiger partial charge < -0.3 is 11.1 Å². The highest BCUT2D eigenvalue weighted by atomic mass is 19.4. The first-order chi connectivity index (χ1) is 15.7. The molecular weight excluding hydrogens is 431 g/mol. The van der Waals surface area contributed by atoms with E-state index in [-0.39, 0.29) is 5.91 Å². The van der Waals surface area contributed by atoms with Crippen molar-refractivity contribution in [2.75, 3.05) is 11.1 Å². The number of pyridine rings is 1. The second-order valence-electron chi connectivity index (χ2n) is 8.25. The summed E-state index contributed by atoms with van der Waals surface area (Å²) >= 11 is 0. The summed E-state index contributed by atoms with van der Waals surface area (Å²) < 4.78 is 40.2. The van der Waals surface area contributed by atoms with Crippen molar-refractivity contribution < 1.29 is 18.0 Å². The molecule has 6 nitrogen and oxygen atoms in total. The number of nitrogens with two attached hydrogens (primary N) is 1. The molecule has 1 saturated carbocycles. The molecule has 168 valence electrons. The highest BCUT2D eigenvalue weighted by molar-refractivity contribution is 6.02. The van der Waals surface area contributed by atoms with Crippen molar-refractivity contribution in [2.45, 2.75) is 24.4 Å². The van der Waals surface area contributed by atoms with Crippen molar-refractivity contribution in [2.24, 2.45) is 7.05 Å². The number of rotatable bonds is 4. The van der Waals surface area contributed by atoms with Crippen molar-refractivity contribution in [3.8, 4) is 11.1 Å². The van der Waals surface area contributed by atoms with E-state index in [9.17, 15) is 18.0 Å². The van der Waals surface area contributed by atoms with Crippen LogP contribution in [-0.2, 0) is 23.4 Å². The number of halogens is 3. The predicted molar refractivity (Wildman–Crippen MR) is 119 cm³/mol. The zero-order chi connectivity index (χ0) is 23.4. The average molecular weight is 451 g/mol. The van der Waals surface area contributed by atoms with Gasteiger partial charge in [0.1, 0.15) is 0 Å². The minimum absolute atomic E-state index is 0.224. The molecule has 1 fully saturated rings. The van der Waals surface area contributed by atoms with Crippen LogP contribution in [0.4, 0.5) is 24.7 Å². The van der Waals surface area contributed by atoms with Crippen LogP contribution in [0.25, 0.3) is 22.2 Å². The van der Waals surface area contributed by atoms with Crippen LogP contribution in [0.15, 0.2) is 60.8 Å². The Hall–Kier alpha value is -3.88. The Morgan fingerprint density at radius 2 is 1.73 bits per heavy atom. The number of alkyl halides is 3. The largest absolute Gasteiger partial charge is 0.416 e. The predicted octanol–water partition coefficient (Wildman–Crippen LogP) is 4.91. The molecule has 0 radical (unpaired) electrons. The molecule has 0 spiro atoms. The first-order valence-corrected chi connectivity index (χ1v) is 10.4. The Bertz CT molecular complexity index is 1350. The van der Waals surface area contributed by atoms with Crippen LogP contribution in [-0.4, -0.2) is 20.7 Å². The molecule has 2 heterocycles. The van der Waals surface area contributed by atoms with E-state index in [1.54, 1.807) is 30.1 Å². The summed E-state index contributed by atoms with van der Waals surface area (Å²) in [6, 6.07) is 14.0. The zero-order valence-electron chi connectivity index (χ0n) is 17.6. The average Bonchev–Trinajstić information content (AvgIpc) is 3.55. The van der Waals surface area contributed by atoms with Crippen LogP contribution >= 0.6 is 0 Å². The number of nitrogens with one attached hydrogen (secondary N) is 1. The van der Waals surface area contributed by atoms with Gasteiger partial charge in [-0.25, -0.2) is 9.67 Å². The van der Waals surface area contributed by atoms with Gasteiger partial charge in [0.05, 0.1) is 16.4 Å². The van der Waals surface area contributed by atoms with E-state index < -0.39 is 17.2 Å². The zero-order valence-corrected chi connectivity index (χ0v) is 17.6. The highest BCUT2D eigenvalue weighted by Crippen LogP contribution is 2.49. The van der Waals surface area contributed by atoms with Crippen LogP contribution in [0.5, 0.6) is 0 Å². The number of hydrogen-bond acceptors (Lipinski definition) is 4. The third kappa shape index (κ3) is 3.59. The van der Waals surface area contributed by atoms with Gasteiger partial charge in [-0.3, -0.25) is 4.79 Å². The number of fused-ring (bicyclic) bond motifs is 1. The summed E-state index contributed by atoms with van der Waals surface area (Å²) in [7, 11) is 1.78. The number of hydrogen-bond donors (Lipinski definition) is 2. The van der Waals surface area contributed by atoms with Gasteiger partial charge in [-0.2, -0.15) is 18.3 Å². The van der Waals surface area contributed by atoms with Gasteiger partial charge in [0.2, 0.25) is 5.91 Å². The van der Waals surface area contributed by atoms with Gasteiger partial charge in [-0.1, -0.05) is 24.3 Å². The number of nitrogens with zero attached hydrogens (tertiary/aromatic N) is 3. The van der Waals surface area contributed by atoms with Crippen LogP contribution in [0.1, 0.15) is 24.0 Å². The van der Waals surface area contributed by atoms with Crippen molar-refractivity contribution >= 4 is 28.4 Å². The molecule has 1 amide bonds. The minimum atomic E-state index is -4.40. The number of benzene rings is 2. The number of anilines is 2. The van der Waals surface area contributed by atoms with Crippen molar-refractivity contribution in [3.05, 3.63) is 71.9 Å². The maximum Gasteiger partial charge on any atom is 0.416 e. The molecule has 2 aromatic carbocycles. The topological polar surface area (TPSA) is 85.8 Å². The van der Waals surface area contributed by atoms with Crippen LogP contribution in [0.2, 0.25) is 0 Å². The summed E-state index contributed by atoms with van der Waals surface area (Å²) in [5.74, 6) is 0.165. The molecular formula is C24H20F3N5O. The van der Waals surface area contributed by atoms with E-state index in [4.69, 9.17) is 5.73 Å². The lowest BCUT2D eigenvalue weighted by molar-refractivity contribution is -0.137. The van der Waals surface area contributed by atoms with E-state index in [0.717, 1.165) is 28.6 Å². The lowest BCUT2D eigenvalue weighted by atomic mass is 9.93. The van der Waals surface area contributed by atoms with Gasteiger partial charge in [-0.05, 0) is 59.9 Å². The van der Waals surface area contributed by atoms with Crippen molar-refractivity contribution in [1.29, 1.82) is 0 Å². The molecule has 9 heteroatoms. The van der Waals surface area contributed by atoms with Crippen molar-refractivity contribution in [1.82, 2.24) is 14.8 Å². The quantitative estimate of drug-likeness (QED) is 0.462. The molecule has 5 rings (SSSR count). The first-order valence-electron chi connectivity index (χ1n) is 10.4. The SMILES string of the molecule is Cn1nc(N)c2c(-c3ccc(NC(=O)C4(c5ccc(C(F)(F)F)cc5)CC4)cc3)ccnc21. The molecule has 33 heavy (non-hydrogen) atoms. The second kappa shape index (κ2) is 7.33. The molecule has 0 saturated heterocycles. The molecule has 1 aliphatic carbocycles. The smallest absolute Gasteiger partial charge is 0.382 e. The molecule has 0 bridgehead atoms. The first kappa shape index (κ1) is 21.0.